The molecule has 2 saturated heterocycles. The number of nitrogens with zero attached hydrogens (tertiary/aromatic N) is 4. The lowest BCUT2D eigenvalue weighted by Gasteiger charge is -2.36. The molecule has 0 radical (unpaired) electrons. The lowest BCUT2D eigenvalue weighted by atomic mass is 9.91. The second-order valence-corrected chi connectivity index (χ2v) is 9.05. The van der Waals surface area contributed by atoms with E-state index in [1.54, 1.807) is 20.4 Å². The quantitative estimate of drug-likeness (QED) is 0.590. The molecule has 3 aromatic rings. The Morgan fingerprint density at radius 3 is 2.00 bits per heavy atom. The zero-order valence-corrected chi connectivity index (χ0v) is 20.4. The number of rotatable bonds is 6. The van der Waals surface area contributed by atoms with Crippen molar-refractivity contribution in [2.24, 2.45) is 0 Å². The lowest BCUT2D eigenvalue weighted by molar-refractivity contribution is 0.0744. The monoisotopic (exact) mass is 475 g/mol. The van der Waals surface area contributed by atoms with Crippen molar-refractivity contribution < 1.29 is 14.3 Å². The molecule has 2 aliphatic rings. The van der Waals surface area contributed by atoms with Gasteiger partial charge < -0.3 is 24.6 Å². The van der Waals surface area contributed by atoms with Crippen molar-refractivity contribution in [3.63, 3.8) is 0 Å². The van der Waals surface area contributed by atoms with E-state index in [0.717, 1.165) is 73.2 Å². The number of hydrogen-bond acceptors (Lipinski definition) is 6. The molecule has 0 spiro atoms. The summed E-state index contributed by atoms with van der Waals surface area (Å²) in [6, 6.07) is 16.0. The molecule has 1 N–H and O–H groups in total. The fourth-order valence-corrected chi connectivity index (χ4v) is 5.07. The molecule has 1 aromatic heterocycles. The van der Waals surface area contributed by atoms with Gasteiger partial charge in [-0.3, -0.25) is 4.79 Å². The summed E-state index contributed by atoms with van der Waals surface area (Å²) in [4.78, 5) is 18.0. The Morgan fingerprint density at radius 1 is 0.857 bits per heavy atom. The molecule has 5 rings (SSSR count). The van der Waals surface area contributed by atoms with Crippen LogP contribution in [0.4, 0.5) is 5.69 Å². The zero-order valence-electron chi connectivity index (χ0n) is 20.4. The van der Waals surface area contributed by atoms with Gasteiger partial charge in [-0.2, -0.15) is 5.10 Å². The van der Waals surface area contributed by atoms with Crippen LogP contribution in [0.2, 0.25) is 0 Å². The second-order valence-electron chi connectivity index (χ2n) is 9.05. The summed E-state index contributed by atoms with van der Waals surface area (Å²) in [5.41, 5.74) is 3.85. The molecule has 35 heavy (non-hydrogen) atoms. The fraction of sp³-hybridized carbons (Fsp3) is 0.407. The number of aromatic nitrogens is 2. The van der Waals surface area contributed by atoms with Gasteiger partial charge in [-0.25, -0.2) is 4.68 Å². The number of piperidine rings is 1. The molecule has 8 nitrogen and oxygen atoms in total. The van der Waals surface area contributed by atoms with Gasteiger partial charge in [0.05, 0.1) is 37.4 Å². The first-order valence-corrected chi connectivity index (χ1v) is 12.3. The van der Waals surface area contributed by atoms with E-state index in [1.165, 1.54) is 0 Å². The Hall–Kier alpha value is -3.52. The Balaban J connectivity index is 1.36. The van der Waals surface area contributed by atoms with Crippen molar-refractivity contribution in [1.29, 1.82) is 0 Å². The van der Waals surface area contributed by atoms with Crippen LogP contribution in [0.1, 0.15) is 34.8 Å². The molecule has 2 fully saturated rings. The van der Waals surface area contributed by atoms with E-state index < -0.39 is 0 Å². The molecule has 0 bridgehead atoms. The molecule has 3 heterocycles. The first kappa shape index (κ1) is 23.2. The Bertz CT molecular complexity index is 1130. The fourth-order valence-electron chi connectivity index (χ4n) is 5.07. The number of benzene rings is 2. The van der Waals surface area contributed by atoms with Crippen LogP contribution in [-0.4, -0.2) is 74.1 Å². The standard InChI is InChI=1S/C27H33N5O3/c1-34-23-7-3-21(4-8-23)30-15-17-31(18-16-30)27(33)25-19-29-32(22-5-9-24(35-2)10-6-22)26(25)20-11-13-28-14-12-20/h3-10,19-20,28H,11-18H2,1-2H3. The van der Waals surface area contributed by atoms with Crippen LogP contribution < -0.4 is 19.7 Å². The van der Waals surface area contributed by atoms with E-state index in [2.05, 4.69) is 22.3 Å². The van der Waals surface area contributed by atoms with Crippen LogP contribution >= 0.6 is 0 Å². The molecule has 8 heteroatoms. The van der Waals surface area contributed by atoms with Crippen LogP contribution in [0.15, 0.2) is 54.7 Å². The number of carbonyl (C=O) groups excluding carboxylic acids is 1. The third-order valence-corrected chi connectivity index (χ3v) is 7.08. The number of carbonyl (C=O) groups is 1. The van der Waals surface area contributed by atoms with Gasteiger partial charge in [0.25, 0.3) is 5.91 Å². The summed E-state index contributed by atoms with van der Waals surface area (Å²) >= 11 is 0. The van der Waals surface area contributed by atoms with Gasteiger partial charge in [0.2, 0.25) is 0 Å². The Kier molecular flexibility index (Phi) is 6.90. The molecule has 184 valence electrons. The normalized spacial score (nSPS) is 16.9. The van der Waals surface area contributed by atoms with Crippen molar-refractivity contribution in [2.75, 3.05) is 58.4 Å². The summed E-state index contributed by atoms with van der Waals surface area (Å²) in [7, 11) is 3.34. The lowest BCUT2D eigenvalue weighted by Crippen LogP contribution is -2.49. The van der Waals surface area contributed by atoms with Gasteiger partial charge in [-0.15, -0.1) is 0 Å². The molecule has 1 amide bonds. The van der Waals surface area contributed by atoms with Gasteiger partial charge in [0, 0.05) is 37.8 Å². The average Bonchev–Trinajstić information content (AvgIpc) is 3.38. The van der Waals surface area contributed by atoms with Gasteiger partial charge in [-0.05, 0) is 74.5 Å². The van der Waals surface area contributed by atoms with Crippen molar-refractivity contribution in [3.8, 4) is 17.2 Å². The van der Waals surface area contributed by atoms with Crippen LogP contribution in [0.3, 0.4) is 0 Å². The maximum absolute atomic E-state index is 13.7. The third kappa shape index (κ3) is 4.84. The van der Waals surface area contributed by atoms with Crippen molar-refractivity contribution >= 4 is 11.6 Å². The molecule has 0 unspecified atom stereocenters. The predicted octanol–water partition coefficient (Wildman–Crippen LogP) is 3.32. The maximum atomic E-state index is 13.7. The molecule has 0 saturated carbocycles. The molecule has 0 aliphatic carbocycles. The second kappa shape index (κ2) is 10.4. The number of piperazine rings is 1. The number of hydrogen-bond donors (Lipinski definition) is 1. The first-order chi connectivity index (χ1) is 17.2. The van der Waals surface area contributed by atoms with E-state index in [4.69, 9.17) is 14.6 Å². The van der Waals surface area contributed by atoms with Gasteiger partial charge in [0.15, 0.2) is 0 Å². The Morgan fingerprint density at radius 2 is 1.43 bits per heavy atom. The highest BCUT2D eigenvalue weighted by Crippen LogP contribution is 2.32. The highest BCUT2D eigenvalue weighted by atomic mass is 16.5. The highest BCUT2D eigenvalue weighted by Gasteiger charge is 2.30. The predicted molar refractivity (Wildman–Crippen MR) is 136 cm³/mol. The van der Waals surface area contributed by atoms with Gasteiger partial charge in [0.1, 0.15) is 11.5 Å². The minimum absolute atomic E-state index is 0.0766. The minimum atomic E-state index is 0.0766. The number of methoxy groups -OCH3 is 2. The van der Waals surface area contributed by atoms with Crippen LogP contribution in [-0.2, 0) is 0 Å². The largest absolute Gasteiger partial charge is 0.497 e. The molecular weight excluding hydrogens is 442 g/mol. The number of anilines is 1. The summed E-state index contributed by atoms with van der Waals surface area (Å²) in [5, 5.41) is 8.13. The molecule has 2 aromatic carbocycles. The smallest absolute Gasteiger partial charge is 0.257 e. The summed E-state index contributed by atoms with van der Waals surface area (Å²) in [5.74, 6) is 2.02. The van der Waals surface area contributed by atoms with Crippen LogP contribution in [0.5, 0.6) is 11.5 Å². The van der Waals surface area contributed by atoms with Crippen molar-refractivity contribution in [1.82, 2.24) is 20.0 Å². The molecule has 2 aliphatic heterocycles. The average molecular weight is 476 g/mol. The number of amides is 1. The van der Waals surface area contributed by atoms with Crippen LogP contribution in [0, 0.1) is 0 Å². The summed E-state index contributed by atoms with van der Waals surface area (Å²) in [6.45, 7) is 4.87. The number of ether oxygens (including phenoxy) is 2. The zero-order chi connectivity index (χ0) is 24.2. The maximum Gasteiger partial charge on any atom is 0.257 e. The summed E-state index contributed by atoms with van der Waals surface area (Å²) < 4.78 is 12.5. The minimum Gasteiger partial charge on any atom is -0.497 e. The molecular formula is C27H33N5O3. The van der Waals surface area contributed by atoms with Gasteiger partial charge >= 0.3 is 0 Å². The highest BCUT2D eigenvalue weighted by molar-refractivity contribution is 5.95. The Labute approximate surface area is 206 Å². The topological polar surface area (TPSA) is 71.9 Å². The molecule has 0 atom stereocenters. The van der Waals surface area contributed by atoms with E-state index >= 15 is 0 Å². The van der Waals surface area contributed by atoms with E-state index in [1.807, 2.05) is 46.0 Å². The van der Waals surface area contributed by atoms with E-state index in [0.29, 0.717) is 19.0 Å². The van der Waals surface area contributed by atoms with Crippen molar-refractivity contribution in [2.45, 2.75) is 18.8 Å². The van der Waals surface area contributed by atoms with Crippen LogP contribution in [0.25, 0.3) is 5.69 Å². The van der Waals surface area contributed by atoms with Gasteiger partial charge in [-0.1, -0.05) is 0 Å². The number of nitrogens with one attached hydrogen (secondary N) is 1. The SMILES string of the molecule is COc1ccc(N2CCN(C(=O)c3cnn(-c4ccc(OC)cc4)c3C3CCNCC3)CC2)cc1. The third-order valence-electron chi connectivity index (χ3n) is 7.08. The van der Waals surface area contributed by atoms with E-state index in [-0.39, 0.29) is 5.91 Å². The van der Waals surface area contributed by atoms with E-state index in [9.17, 15) is 4.79 Å². The van der Waals surface area contributed by atoms with Crippen molar-refractivity contribution in [3.05, 3.63) is 66.0 Å². The summed E-state index contributed by atoms with van der Waals surface area (Å²) in [6.07, 6.45) is 3.75. The first-order valence-electron chi connectivity index (χ1n) is 12.3.